The molecule has 106 valence electrons. The molecule has 6 nitrogen and oxygen atoms in total. The summed E-state index contributed by atoms with van der Waals surface area (Å²) < 4.78 is 23.7. The van der Waals surface area contributed by atoms with Gasteiger partial charge in [0.25, 0.3) is 0 Å². The van der Waals surface area contributed by atoms with Gasteiger partial charge in [-0.25, -0.2) is 4.39 Å². The molecule has 0 radical (unpaired) electrons. The maximum Gasteiger partial charge on any atom is 0.330 e. The van der Waals surface area contributed by atoms with Crippen molar-refractivity contribution in [1.29, 1.82) is 0 Å². The molecule has 7 heteroatoms. The molecule has 20 heavy (non-hydrogen) atoms. The van der Waals surface area contributed by atoms with E-state index < -0.39 is 5.82 Å². The monoisotopic (exact) mass is 278 g/mol. The lowest BCUT2D eigenvalue weighted by molar-refractivity contribution is 0.303. The van der Waals surface area contributed by atoms with Crippen molar-refractivity contribution < 1.29 is 13.9 Å². The summed E-state index contributed by atoms with van der Waals surface area (Å²) in [6.45, 7) is 4.81. The first-order valence-electron chi connectivity index (χ1n) is 6.27. The lowest BCUT2D eigenvalue weighted by Gasteiger charge is -2.08. The summed E-state index contributed by atoms with van der Waals surface area (Å²) in [6.07, 6.45) is 0. The van der Waals surface area contributed by atoms with Crippen LogP contribution in [0.1, 0.15) is 13.8 Å². The molecule has 1 heterocycles. The number of hydrogen-bond acceptors (Lipinski definition) is 6. The summed E-state index contributed by atoms with van der Waals surface area (Å²) in [6, 6.07) is 5.93. The number of anilines is 1. The summed E-state index contributed by atoms with van der Waals surface area (Å²) in [5, 5.41) is 2.95. The Balaban J connectivity index is 2.25. The molecule has 2 aromatic rings. The van der Waals surface area contributed by atoms with Gasteiger partial charge in [-0.1, -0.05) is 6.07 Å². The Hall–Kier alpha value is -2.44. The maximum atomic E-state index is 13.1. The molecule has 1 aromatic carbocycles. The van der Waals surface area contributed by atoms with Gasteiger partial charge in [-0.15, -0.1) is 4.98 Å². The lowest BCUT2D eigenvalue weighted by Crippen LogP contribution is -2.07. The fraction of sp³-hybridized carbons (Fsp3) is 0.308. The van der Waals surface area contributed by atoms with Gasteiger partial charge >= 0.3 is 12.0 Å². The number of ether oxygens (including phenoxy) is 2. The van der Waals surface area contributed by atoms with E-state index >= 15 is 0 Å². The fourth-order valence-corrected chi connectivity index (χ4v) is 1.45. The van der Waals surface area contributed by atoms with Gasteiger partial charge in [0.2, 0.25) is 5.95 Å². The van der Waals surface area contributed by atoms with Crippen molar-refractivity contribution in [2.24, 2.45) is 0 Å². The average Bonchev–Trinajstić information content (AvgIpc) is 2.39. The zero-order valence-corrected chi connectivity index (χ0v) is 11.3. The summed E-state index contributed by atoms with van der Waals surface area (Å²) >= 11 is 0. The molecule has 0 fully saturated rings. The molecule has 2 rings (SSSR count). The van der Waals surface area contributed by atoms with Crippen LogP contribution in [0.2, 0.25) is 0 Å². The number of rotatable bonds is 6. The molecule has 0 saturated heterocycles. The Morgan fingerprint density at radius 3 is 2.65 bits per heavy atom. The molecule has 0 bridgehead atoms. The third-order valence-corrected chi connectivity index (χ3v) is 2.21. The third kappa shape index (κ3) is 3.78. The van der Waals surface area contributed by atoms with Crippen LogP contribution in [-0.4, -0.2) is 28.1 Å². The van der Waals surface area contributed by atoms with E-state index in [1.54, 1.807) is 12.1 Å². The van der Waals surface area contributed by atoms with E-state index in [0.717, 1.165) is 0 Å². The summed E-state index contributed by atoms with van der Waals surface area (Å²) in [5.41, 5.74) is 0. The summed E-state index contributed by atoms with van der Waals surface area (Å²) in [7, 11) is 0. The number of halogens is 1. The van der Waals surface area contributed by atoms with Crippen LogP contribution in [0, 0.1) is 5.82 Å². The second kappa shape index (κ2) is 6.65. The minimum Gasteiger partial charge on any atom is -0.464 e. The zero-order valence-electron chi connectivity index (χ0n) is 11.3. The topological polar surface area (TPSA) is 69.2 Å². The lowest BCUT2D eigenvalue weighted by atomic mass is 10.3. The minimum absolute atomic E-state index is 0.0463. The van der Waals surface area contributed by atoms with Gasteiger partial charge in [-0.2, -0.15) is 9.97 Å². The first-order valence-corrected chi connectivity index (χ1v) is 6.27. The van der Waals surface area contributed by atoms with Gasteiger partial charge in [-0.05, 0) is 26.0 Å². The second-order valence-electron chi connectivity index (χ2n) is 3.75. The zero-order chi connectivity index (χ0) is 14.4. The fourth-order valence-electron chi connectivity index (χ4n) is 1.45. The SMILES string of the molecule is CCNc1nc(OCC)nc(Oc2cccc(F)c2)n1. The highest BCUT2D eigenvalue weighted by Gasteiger charge is 2.09. The highest BCUT2D eigenvalue weighted by Crippen LogP contribution is 2.21. The van der Waals surface area contributed by atoms with E-state index in [2.05, 4.69) is 20.3 Å². The van der Waals surface area contributed by atoms with Crippen molar-refractivity contribution in [1.82, 2.24) is 15.0 Å². The quantitative estimate of drug-likeness (QED) is 0.876. The van der Waals surface area contributed by atoms with Crippen LogP contribution in [0.5, 0.6) is 17.8 Å². The molecule has 0 atom stereocenters. The largest absolute Gasteiger partial charge is 0.464 e. The second-order valence-corrected chi connectivity index (χ2v) is 3.75. The molecule has 0 aliphatic heterocycles. The van der Waals surface area contributed by atoms with Crippen LogP contribution in [0.15, 0.2) is 24.3 Å². The third-order valence-electron chi connectivity index (χ3n) is 2.21. The Labute approximate surface area is 116 Å². The van der Waals surface area contributed by atoms with E-state index in [-0.39, 0.29) is 12.0 Å². The maximum absolute atomic E-state index is 13.1. The van der Waals surface area contributed by atoms with Gasteiger partial charge in [0, 0.05) is 12.6 Å². The smallest absolute Gasteiger partial charge is 0.330 e. The van der Waals surface area contributed by atoms with Gasteiger partial charge in [-0.3, -0.25) is 0 Å². The van der Waals surface area contributed by atoms with Crippen LogP contribution < -0.4 is 14.8 Å². The number of benzene rings is 1. The Bertz CT molecular complexity index is 556. The van der Waals surface area contributed by atoms with E-state index in [4.69, 9.17) is 9.47 Å². The standard InChI is InChI=1S/C13H15FN4O2/c1-3-15-11-16-12(19-4-2)18-13(17-11)20-10-7-5-6-9(14)8-10/h5-8H,3-4H2,1-2H3,(H,15,16,17,18). The Kier molecular flexibility index (Phi) is 4.65. The summed E-state index contributed by atoms with van der Waals surface area (Å²) in [4.78, 5) is 12.1. The molecular formula is C13H15FN4O2. The highest BCUT2D eigenvalue weighted by molar-refractivity contribution is 5.30. The molecule has 0 aliphatic carbocycles. The van der Waals surface area contributed by atoms with E-state index in [0.29, 0.717) is 24.8 Å². The predicted octanol–water partition coefficient (Wildman–Crippen LogP) is 2.63. The van der Waals surface area contributed by atoms with Gasteiger partial charge in [0.1, 0.15) is 11.6 Å². The number of nitrogens with zero attached hydrogens (tertiary/aromatic N) is 3. The van der Waals surface area contributed by atoms with Crippen LogP contribution in [0.4, 0.5) is 10.3 Å². The predicted molar refractivity (Wildman–Crippen MR) is 71.6 cm³/mol. The molecule has 1 N–H and O–H groups in total. The molecule has 0 aliphatic rings. The van der Waals surface area contributed by atoms with Crippen LogP contribution in [0.25, 0.3) is 0 Å². The van der Waals surface area contributed by atoms with Gasteiger partial charge in [0.15, 0.2) is 0 Å². The van der Waals surface area contributed by atoms with Crippen molar-refractivity contribution >= 4 is 5.95 Å². The van der Waals surface area contributed by atoms with Crippen molar-refractivity contribution in [2.75, 3.05) is 18.5 Å². The summed E-state index contributed by atoms with van der Waals surface area (Å²) in [5.74, 6) is 0.256. The highest BCUT2D eigenvalue weighted by atomic mass is 19.1. The number of hydrogen-bond donors (Lipinski definition) is 1. The molecular weight excluding hydrogens is 263 g/mol. The van der Waals surface area contributed by atoms with E-state index in [1.807, 2.05) is 13.8 Å². The van der Waals surface area contributed by atoms with Crippen molar-refractivity contribution in [3.8, 4) is 17.8 Å². The molecule has 0 unspecified atom stereocenters. The normalized spacial score (nSPS) is 10.2. The first-order chi connectivity index (χ1) is 9.71. The number of aromatic nitrogens is 3. The molecule has 0 amide bonds. The van der Waals surface area contributed by atoms with Gasteiger partial charge < -0.3 is 14.8 Å². The molecule has 0 spiro atoms. The molecule has 1 aromatic heterocycles. The van der Waals surface area contributed by atoms with Crippen molar-refractivity contribution in [3.63, 3.8) is 0 Å². The van der Waals surface area contributed by atoms with Gasteiger partial charge in [0.05, 0.1) is 6.61 Å². The minimum atomic E-state index is -0.395. The number of nitrogens with one attached hydrogen (secondary N) is 1. The molecule has 0 saturated carbocycles. The van der Waals surface area contributed by atoms with Crippen molar-refractivity contribution in [3.05, 3.63) is 30.1 Å². The first kappa shape index (κ1) is 14.0. The van der Waals surface area contributed by atoms with E-state index in [9.17, 15) is 4.39 Å². The average molecular weight is 278 g/mol. The van der Waals surface area contributed by atoms with E-state index in [1.165, 1.54) is 12.1 Å². The van der Waals surface area contributed by atoms with Crippen molar-refractivity contribution in [2.45, 2.75) is 13.8 Å². The van der Waals surface area contributed by atoms with Crippen LogP contribution in [-0.2, 0) is 0 Å². The Morgan fingerprint density at radius 1 is 1.15 bits per heavy atom. The van der Waals surface area contributed by atoms with Crippen LogP contribution >= 0.6 is 0 Å². The Morgan fingerprint density at radius 2 is 1.95 bits per heavy atom. The van der Waals surface area contributed by atoms with Crippen LogP contribution in [0.3, 0.4) is 0 Å².